The summed E-state index contributed by atoms with van der Waals surface area (Å²) >= 11 is 0. The Morgan fingerprint density at radius 3 is 2.36 bits per heavy atom. The number of hydrogen-bond donors (Lipinski definition) is 2. The molecular weight excluding hydrogens is 287 g/mol. The zero-order valence-corrected chi connectivity index (χ0v) is 13.4. The van der Waals surface area contributed by atoms with Gasteiger partial charge in [-0.2, -0.15) is 0 Å². The maximum atomic E-state index is 12.7. The molecule has 1 atom stereocenters. The van der Waals surface area contributed by atoms with Gasteiger partial charge in [0.2, 0.25) is 5.91 Å². The number of benzene rings is 1. The van der Waals surface area contributed by atoms with Crippen molar-refractivity contribution in [1.82, 2.24) is 10.2 Å². The van der Waals surface area contributed by atoms with Gasteiger partial charge in [0.15, 0.2) is 0 Å². The van der Waals surface area contributed by atoms with E-state index < -0.39 is 0 Å². The van der Waals surface area contributed by atoms with Gasteiger partial charge in [-0.25, -0.2) is 4.39 Å². The molecule has 1 rings (SSSR count). The highest BCUT2D eigenvalue weighted by atomic mass is 19.1. The van der Waals surface area contributed by atoms with E-state index in [1.807, 2.05) is 25.8 Å². The predicted molar refractivity (Wildman–Crippen MR) is 84.2 cm³/mol. The fourth-order valence-electron chi connectivity index (χ4n) is 2.02. The van der Waals surface area contributed by atoms with Crippen LogP contribution in [-0.2, 0) is 16.0 Å². The van der Waals surface area contributed by atoms with E-state index in [4.69, 9.17) is 9.90 Å². The summed E-state index contributed by atoms with van der Waals surface area (Å²) in [6, 6.07) is 6.31. The molecule has 6 heteroatoms. The minimum absolute atomic E-state index is 0.0639. The molecule has 0 spiro atoms. The van der Waals surface area contributed by atoms with Crippen LogP contribution in [0.15, 0.2) is 24.3 Å². The Kier molecular flexibility index (Phi) is 10.6. The minimum atomic E-state index is -0.250. The van der Waals surface area contributed by atoms with Gasteiger partial charge in [-0.15, -0.1) is 0 Å². The van der Waals surface area contributed by atoms with Crippen LogP contribution >= 0.6 is 0 Å². The first-order valence-corrected chi connectivity index (χ1v) is 7.30. The lowest BCUT2D eigenvalue weighted by Gasteiger charge is -2.24. The van der Waals surface area contributed by atoms with Crippen molar-refractivity contribution >= 4 is 12.4 Å². The molecule has 0 aromatic heterocycles. The normalized spacial score (nSPS) is 11.3. The number of carboxylic acid groups (broad SMARTS) is 1. The number of carbonyl (C=O) groups is 2. The Hall–Kier alpha value is -1.95. The smallest absolute Gasteiger partial charge is 0.290 e. The Balaban J connectivity index is 0.00000135. The third-order valence-electron chi connectivity index (χ3n) is 3.35. The second kappa shape index (κ2) is 11.7. The largest absolute Gasteiger partial charge is 0.483 e. The molecule has 1 amide bonds. The van der Waals surface area contributed by atoms with Crippen molar-refractivity contribution in [1.29, 1.82) is 0 Å². The number of likely N-dealkylation sites (N-methyl/N-ethyl adjacent to an activating group) is 1. The van der Waals surface area contributed by atoms with Crippen LogP contribution in [0.25, 0.3) is 0 Å². The molecule has 0 fully saturated rings. The molecular formula is C16H25FN2O3. The quantitative estimate of drug-likeness (QED) is 0.755. The van der Waals surface area contributed by atoms with Crippen molar-refractivity contribution < 1.29 is 19.1 Å². The van der Waals surface area contributed by atoms with Gasteiger partial charge >= 0.3 is 0 Å². The van der Waals surface area contributed by atoms with Crippen LogP contribution in [0, 0.1) is 5.82 Å². The Morgan fingerprint density at radius 1 is 1.36 bits per heavy atom. The van der Waals surface area contributed by atoms with Gasteiger partial charge in [-0.05, 0) is 44.1 Å². The first-order chi connectivity index (χ1) is 10.5. The van der Waals surface area contributed by atoms with Crippen LogP contribution in [0.1, 0.15) is 25.8 Å². The van der Waals surface area contributed by atoms with Crippen LogP contribution < -0.4 is 5.32 Å². The van der Waals surface area contributed by atoms with E-state index in [9.17, 15) is 9.18 Å². The van der Waals surface area contributed by atoms with Crippen molar-refractivity contribution in [3.8, 4) is 0 Å². The van der Waals surface area contributed by atoms with Gasteiger partial charge in [0.05, 0.1) is 6.04 Å². The highest BCUT2D eigenvalue weighted by molar-refractivity contribution is 5.81. The number of nitrogens with zero attached hydrogens (tertiary/aromatic N) is 1. The molecule has 1 aromatic carbocycles. The highest BCUT2D eigenvalue weighted by Gasteiger charge is 2.19. The molecule has 0 aliphatic carbocycles. The monoisotopic (exact) mass is 312 g/mol. The van der Waals surface area contributed by atoms with Crippen LogP contribution in [0.5, 0.6) is 0 Å². The number of amides is 1. The molecule has 0 aliphatic rings. The van der Waals surface area contributed by atoms with Crippen molar-refractivity contribution in [2.45, 2.75) is 32.7 Å². The van der Waals surface area contributed by atoms with Crippen molar-refractivity contribution in [3.63, 3.8) is 0 Å². The number of rotatable bonds is 7. The summed E-state index contributed by atoms with van der Waals surface area (Å²) in [6.45, 7) is 5.23. The Bertz CT molecular complexity index is 438. The van der Waals surface area contributed by atoms with E-state index in [0.717, 1.165) is 24.9 Å². The molecule has 2 N–H and O–H groups in total. The zero-order chi connectivity index (χ0) is 17.0. The molecule has 124 valence electrons. The van der Waals surface area contributed by atoms with Crippen molar-refractivity contribution in [2.75, 3.05) is 20.1 Å². The average Bonchev–Trinajstić information content (AvgIpc) is 2.50. The maximum absolute atomic E-state index is 12.7. The van der Waals surface area contributed by atoms with Gasteiger partial charge in [-0.3, -0.25) is 14.5 Å². The van der Waals surface area contributed by atoms with E-state index in [1.54, 1.807) is 12.1 Å². The number of hydrogen-bond acceptors (Lipinski definition) is 3. The second-order valence-corrected chi connectivity index (χ2v) is 4.77. The molecule has 1 aromatic rings. The number of carbonyl (C=O) groups excluding carboxylic acids is 1. The fraction of sp³-hybridized carbons (Fsp3) is 0.500. The van der Waals surface area contributed by atoms with Gasteiger partial charge in [-0.1, -0.05) is 26.0 Å². The van der Waals surface area contributed by atoms with Crippen LogP contribution in [0.3, 0.4) is 0 Å². The maximum Gasteiger partial charge on any atom is 0.290 e. The molecule has 0 bridgehead atoms. The van der Waals surface area contributed by atoms with E-state index in [-0.39, 0.29) is 24.2 Å². The molecule has 22 heavy (non-hydrogen) atoms. The first-order valence-electron chi connectivity index (χ1n) is 7.30. The fourth-order valence-corrected chi connectivity index (χ4v) is 2.02. The molecule has 0 aliphatic heterocycles. The highest BCUT2D eigenvalue weighted by Crippen LogP contribution is 2.04. The molecule has 0 saturated heterocycles. The summed E-state index contributed by atoms with van der Waals surface area (Å²) < 4.78 is 12.7. The summed E-state index contributed by atoms with van der Waals surface area (Å²) in [5.74, 6) is -0.169. The lowest BCUT2D eigenvalue weighted by Crippen LogP contribution is -2.45. The molecule has 1 unspecified atom stereocenters. The topological polar surface area (TPSA) is 69.6 Å². The molecule has 0 radical (unpaired) electrons. The third kappa shape index (κ3) is 7.73. The minimum Gasteiger partial charge on any atom is -0.483 e. The van der Waals surface area contributed by atoms with E-state index in [2.05, 4.69) is 5.32 Å². The van der Waals surface area contributed by atoms with E-state index >= 15 is 0 Å². The Morgan fingerprint density at radius 2 is 1.91 bits per heavy atom. The summed E-state index contributed by atoms with van der Waals surface area (Å²) in [6.07, 6.45) is 1.52. The van der Waals surface area contributed by atoms with E-state index in [0.29, 0.717) is 6.54 Å². The molecule has 0 heterocycles. The van der Waals surface area contributed by atoms with Crippen LogP contribution in [-0.4, -0.2) is 48.6 Å². The molecule has 0 saturated carbocycles. The van der Waals surface area contributed by atoms with Gasteiger partial charge in [0.25, 0.3) is 6.47 Å². The predicted octanol–water partition coefficient (Wildman–Crippen LogP) is 1.92. The standard InChI is InChI=1S/C15H23FN2O.CH2O2/c1-4-14(18(3)5-2)15(19)17-11-10-12-6-8-13(16)9-7-12;2-1-3/h6-9,14H,4-5,10-11H2,1-3H3,(H,17,19);1H,(H,2,3). The van der Waals surface area contributed by atoms with Crippen molar-refractivity contribution in [3.05, 3.63) is 35.6 Å². The van der Waals surface area contributed by atoms with Crippen molar-refractivity contribution in [2.24, 2.45) is 0 Å². The third-order valence-corrected chi connectivity index (χ3v) is 3.35. The SMILES string of the molecule is CCC(C(=O)NCCc1ccc(F)cc1)N(C)CC.O=CO. The summed E-state index contributed by atoms with van der Waals surface area (Å²) in [4.78, 5) is 22.4. The van der Waals surface area contributed by atoms with Gasteiger partial charge < -0.3 is 10.4 Å². The van der Waals surface area contributed by atoms with Gasteiger partial charge in [0, 0.05) is 6.54 Å². The average molecular weight is 312 g/mol. The lowest BCUT2D eigenvalue weighted by atomic mass is 10.1. The molecule has 5 nitrogen and oxygen atoms in total. The summed E-state index contributed by atoms with van der Waals surface area (Å²) in [7, 11) is 1.95. The summed E-state index contributed by atoms with van der Waals surface area (Å²) in [5.41, 5.74) is 1.03. The number of halogens is 1. The summed E-state index contributed by atoms with van der Waals surface area (Å²) in [5, 5.41) is 9.83. The van der Waals surface area contributed by atoms with Crippen LogP contribution in [0.4, 0.5) is 4.39 Å². The van der Waals surface area contributed by atoms with Crippen LogP contribution in [0.2, 0.25) is 0 Å². The zero-order valence-electron chi connectivity index (χ0n) is 13.4. The van der Waals surface area contributed by atoms with Gasteiger partial charge in [0.1, 0.15) is 5.82 Å². The lowest BCUT2D eigenvalue weighted by molar-refractivity contribution is -0.126. The first kappa shape index (κ1) is 20.1. The number of nitrogens with one attached hydrogen (secondary N) is 1. The Labute approximate surface area is 131 Å². The van der Waals surface area contributed by atoms with E-state index in [1.165, 1.54) is 12.1 Å². The second-order valence-electron chi connectivity index (χ2n) is 4.77.